The van der Waals surface area contributed by atoms with Crippen molar-refractivity contribution < 1.29 is 29.0 Å². The van der Waals surface area contributed by atoms with Gasteiger partial charge >= 0.3 is 5.97 Å². The number of ether oxygens (including phenoxy) is 1. The summed E-state index contributed by atoms with van der Waals surface area (Å²) in [7, 11) is 0. The van der Waals surface area contributed by atoms with E-state index in [2.05, 4.69) is 23.8 Å². The van der Waals surface area contributed by atoms with Gasteiger partial charge in [0.2, 0.25) is 17.7 Å². The van der Waals surface area contributed by atoms with Gasteiger partial charge in [-0.3, -0.25) is 19.2 Å². The Morgan fingerprint density at radius 1 is 1.03 bits per heavy atom. The quantitative estimate of drug-likeness (QED) is 0.188. The molecule has 0 aromatic heterocycles. The number of aliphatic hydroxyl groups is 1. The summed E-state index contributed by atoms with van der Waals surface area (Å²) in [5.74, 6) is -3.45. The van der Waals surface area contributed by atoms with Gasteiger partial charge in [-0.15, -0.1) is 13.2 Å². The SMILES string of the molecule is C=CCC(C(=O)N[C@H](C)CO)C(=O)N[C@H](COC(=O)[C@H](CC=C)CC(=O)N1CCCC1)c1ccccc1. The molecule has 9 heteroatoms. The Morgan fingerprint density at radius 2 is 1.65 bits per heavy atom. The van der Waals surface area contributed by atoms with Crippen LogP contribution in [0.1, 0.15) is 50.6 Å². The smallest absolute Gasteiger partial charge is 0.309 e. The van der Waals surface area contributed by atoms with Crippen molar-refractivity contribution in [2.24, 2.45) is 11.8 Å². The van der Waals surface area contributed by atoms with E-state index < -0.39 is 41.7 Å². The second kappa shape index (κ2) is 15.6. The summed E-state index contributed by atoms with van der Waals surface area (Å²) >= 11 is 0. The highest BCUT2D eigenvalue weighted by atomic mass is 16.5. The van der Waals surface area contributed by atoms with Gasteiger partial charge in [0.1, 0.15) is 12.5 Å². The van der Waals surface area contributed by atoms with Crippen molar-refractivity contribution in [3.05, 3.63) is 61.2 Å². The van der Waals surface area contributed by atoms with Gasteiger partial charge in [-0.2, -0.15) is 0 Å². The molecule has 1 heterocycles. The zero-order valence-electron chi connectivity index (χ0n) is 21.6. The maximum absolute atomic E-state index is 13.1. The molecular weight excluding hydrogens is 474 g/mol. The number of likely N-dealkylation sites (tertiary alicyclic amines) is 1. The van der Waals surface area contributed by atoms with Crippen LogP contribution in [0.5, 0.6) is 0 Å². The average molecular weight is 514 g/mol. The molecule has 4 atom stereocenters. The average Bonchev–Trinajstić information content (AvgIpc) is 3.44. The topological polar surface area (TPSA) is 125 Å². The van der Waals surface area contributed by atoms with Gasteiger partial charge in [-0.25, -0.2) is 0 Å². The molecule has 1 aromatic carbocycles. The van der Waals surface area contributed by atoms with Crippen LogP contribution in [0.25, 0.3) is 0 Å². The highest BCUT2D eigenvalue weighted by molar-refractivity contribution is 6.00. The number of nitrogens with zero attached hydrogens (tertiary/aromatic N) is 1. The van der Waals surface area contributed by atoms with E-state index >= 15 is 0 Å². The fourth-order valence-electron chi connectivity index (χ4n) is 4.12. The second-order valence-electron chi connectivity index (χ2n) is 9.28. The first kappa shape index (κ1) is 29.8. The molecule has 1 fully saturated rings. The molecule has 1 unspecified atom stereocenters. The molecule has 1 saturated heterocycles. The fraction of sp³-hybridized carbons (Fsp3) is 0.500. The third-order valence-corrected chi connectivity index (χ3v) is 6.27. The molecule has 1 aromatic rings. The number of nitrogens with one attached hydrogen (secondary N) is 2. The van der Waals surface area contributed by atoms with E-state index in [1.807, 2.05) is 6.07 Å². The van der Waals surface area contributed by atoms with Crippen LogP contribution in [-0.4, -0.2) is 66.0 Å². The van der Waals surface area contributed by atoms with Crippen LogP contribution in [0.2, 0.25) is 0 Å². The highest BCUT2D eigenvalue weighted by Crippen LogP contribution is 2.20. The number of amides is 3. The summed E-state index contributed by atoms with van der Waals surface area (Å²) in [4.78, 5) is 53.1. The van der Waals surface area contributed by atoms with Crippen molar-refractivity contribution in [2.45, 2.75) is 51.1 Å². The molecule has 0 aliphatic carbocycles. The predicted molar refractivity (Wildman–Crippen MR) is 140 cm³/mol. The van der Waals surface area contributed by atoms with Crippen LogP contribution < -0.4 is 10.6 Å². The van der Waals surface area contributed by atoms with Crippen LogP contribution in [0, 0.1) is 11.8 Å². The molecule has 3 N–H and O–H groups in total. The van der Waals surface area contributed by atoms with Crippen LogP contribution in [0.4, 0.5) is 0 Å². The van der Waals surface area contributed by atoms with Crippen LogP contribution >= 0.6 is 0 Å². The Morgan fingerprint density at radius 3 is 2.24 bits per heavy atom. The van der Waals surface area contributed by atoms with Gasteiger partial charge < -0.3 is 25.4 Å². The summed E-state index contributed by atoms with van der Waals surface area (Å²) in [6.07, 6.45) is 5.42. The summed E-state index contributed by atoms with van der Waals surface area (Å²) in [5.41, 5.74) is 0.693. The van der Waals surface area contributed by atoms with E-state index in [0.29, 0.717) is 25.1 Å². The number of hydrogen-bond donors (Lipinski definition) is 3. The lowest BCUT2D eigenvalue weighted by atomic mass is 10.00. The minimum Gasteiger partial charge on any atom is -0.463 e. The minimum absolute atomic E-state index is 0.0395. The Labute approximate surface area is 218 Å². The molecule has 9 nitrogen and oxygen atoms in total. The van der Waals surface area contributed by atoms with Crippen molar-refractivity contribution >= 4 is 23.7 Å². The van der Waals surface area contributed by atoms with Gasteiger partial charge in [0.25, 0.3) is 0 Å². The summed E-state index contributed by atoms with van der Waals surface area (Å²) in [6.45, 7) is 9.93. The Bertz CT molecular complexity index is 929. The number of esters is 1. The van der Waals surface area contributed by atoms with E-state index in [9.17, 15) is 24.3 Å². The standard InChI is InChI=1S/C28H39N3O6/c1-4-11-22(17-25(33)31-15-9-10-16-31)28(36)37-19-24(21-13-7-6-8-14-21)30-27(35)23(12-5-2)26(34)29-20(3)18-32/h4-8,13-14,20,22-24,32H,1-2,9-12,15-19H2,3H3,(H,29,34)(H,30,35)/t20-,22-,23?,24-/m1/s1. The molecule has 0 saturated carbocycles. The van der Waals surface area contributed by atoms with E-state index in [-0.39, 0.29) is 32.0 Å². The third kappa shape index (κ3) is 9.49. The van der Waals surface area contributed by atoms with Gasteiger partial charge in [0, 0.05) is 25.6 Å². The second-order valence-corrected chi connectivity index (χ2v) is 9.28. The maximum Gasteiger partial charge on any atom is 0.309 e. The molecule has 1 aliphatic heterocycles. The van der Waals surface area contributed by atoms with Gasteiger partial charge in [0.15, 0.2) is 0 Å². The third-order valence-electron chi connectivity index (χ3n) is 6.27. The molecule has 37 heavy (non-hydrogen) atoms. The monoisotopic (exact) mass is 513 g/mol. The Kier molecular flexibility index (Phi) is 12.6. The van der Waals surface area contributed by atoms with Crippen molar-refractivity contribution in [2.75, 3.05) is 26.3 Å². The number of rotatable bonds is 15. The molecule has 2 rings (SSSR count). The summed E-state index contributed by atoms with van der Waals surface area (Å²) in [5, 5.41) is 14.7. The highest BCUT2D eigenvalue weighted by Gasteiger charge is 2.30. The Hall–Kier alpha value is -3.46. The van der Waals surface area contributed by atoms with Crippen LogP contribution in [-0.2, 0) is 23.9 Å². The van der Waals surface area contributed by atoms with E-state index in [4.69, 9.17) is 4.74 Å². The number of hydrogen-bond acceptors (Lipinski definition) is 6. The molecule has 202 valence electrons. The summed E-state index contributed by atoms with van der Waals surface area (Å²) in [6, 6.07) is 7.75. The first-order chi connectivity index (χ1) is 17.8. The lowest BCUT2D eigenvalue weighted by molar-refractivity contribution is -0.152. The Balaban J connectivity index is 2.11. The normalized spacial score (nSPS) is 16.1. The molecule has 0 spiro atoms. The number of allylic oxidation sites excluding steroid dienone is 2. The number of aliphatic hydroxyl groups excluding tert-OH is 1. The molecule has 0 bridgehead atoms. The number of carbonyl (C=O) groups is 4. The maximum atomic E-state index is 13.1. The molecule has 3 amide bonds. The van der Waals surface area contributed by atoms with Crippen molar-refractivity contribution in [3.8, 4) is 0 Å². The van der Waals surface area contributed by atoms with E-state index in [0.717, 1.165) is 12.8 Å². The first-order valence-corrected chi connectivity index (χ1v) is 12.7. The van der Waals surface area contributed by atoms with Crippen LogP contribution in [0.3, 0.4) is 0 Å². The molecule has 1 aliphatic rings. The summed E-state index contributed by atoms with van der Waals surface area (Å²) < 4.78 is 5.59. The molecule has 0 radical (unpaired) electrons. The lowest BCUT2D eigenvalue weighted by Crippen LogP contribution is -2.46. The molecular formula is C28H39N3O6. The van der Waals surface area contributed by atoms with Crippen molar-refractivity contribution in [1.82, 2.24) is 15.5 Å². The van der Waals surface area contributed by atoms with Crippen LogP contribution in [0.15, 0.2) is 55.6 Å². The largest absolute Gasteiger partial charge is 0.463 e. The lowest BCUT2D eigenvalue weighted by Gasteiger charge is -2.24. The zero-order chi connectivity index (χ0) is 27.2. The first-order valence-electron chi connectivity index (χ1n) is 12.7. The fourth-order valence-corrected chi connectivity index (χ4v) is 4.12. The van der Waals surface area contributed by atoms with Gasteiger partial charge in [0.05, 0.1) is 18.6 Å². The number of carbonyl (C=O) groups excluding carboxylic acids is 4. The number of benzene rings is 1. The van der Waals surface area contributed by atoms with Gasteiger partial charge in [-0.1, -0.05) is 42.5 Å². The van der Waals surface area contributed by atoms with Gasteiger partial charge in [-0.05, 0) is 38.2 Å². The van der Waals surface area contributed by atoms with Crippen molar-refractivity contribution in [1.29, 1.82) is 0 Å². The van der Waals surface area contributed by atoms with E-state index in [1.165, 1.54) is 6.08 Å². The minimum atomic E-state index is -1.07. The predicted octanol–water partition coefficient (Wildman–Crippen LogP) is 2.28. The zero-order valence-corrected chi connectivity index (χ0v) is 21.6. The van der Waals surface area contributed by atoms with Crippen molar-refractivity contribution in [3.63, 3.8) is 0 Å². The van der Waals surface area contributed by atoms with E-state index in [1.54, 1.807) is 42.2 Å².